The number of nitro benzene ring substituents is 1. The average molecular weight is 406 g/mol. The van der Waals surface area contributed by atoms with Gasteiger partial charge in [0.2, 0.25) is 0 Å². The van der Waals surface area contributed by atoms with Crippen LogP contribution in [-0.2, 0) is 0 Å². The maximum atomic E-state index is 11.4. The fourth-order valence-electron chi connectivity index (χ4n) is 2.69. The third-order valence-corrected chi connectivity index (χ3v) is 6.36. The van der Waals surface area contributed by atoms with E-state index in [1.807, 2.05) is 42.5 Å². The molecule has 1 aromatic heterocycles. The van der Waals surface area contributed by atoms with E-state index in [0.29, 0.717) is 20.4 Å². The second-order valence-electron chi connectivity index (χ2n) is 5.86. The number of aromatic nitrogens is 1. The molecule has 138 valence electrons. The number of fused-ring (bicyclic) bond motifs is 1. The van der Waals surface area contributed by atoms with Crippen molar-refractivity contribution in [3.05, 3.63) is 99.5 Å². The quantitative estimate of drug-likeness (QED) is 0.180. The van der Waals surface area contributed by atoms with Crippen molar-refractivity contribution in [2.24, 2.45) is 0 Å². The van der Waals surface area contributed by atoms with Gasteiger partial charge in [0, 0.05) is 11.6 Å². The monoisotopic (exact) mass is 406 g/mol. The normalized spacial score (nSPS) is 12.0. The number of hydrogen-bond acceptors (Lipinski definition) is 6. The van der Waals surface area contributed by atoms with Gasteiger partial charge >= 0.3 is 0 Å². The van der Waals surface area contributed by atoms with Crippen LogP contribution in [0.1, 0.15) is 10.6 Å². The fourth-order valence-corrected chi connectivity index (χ4v) is 4.81. The number of para-hydroxylation sites is 2. The summed E-state index contributed by atoms with van der Waals surface area (Å²) >= 11 is 2.59. The SMILES string of the molecule is O=[N+]([O-])c1ccccc1SC(=C(O)c1ccccc1)c1nc2ccccc2s1. The first-order valence-electron chi connectivity index (χ1n) is 8.39. The van der Waals surface area contributed by atoms with Crippen molar-refractivity contribution in [3.63, 3.8) is 0 Å². The molecule has 4 aromatic rings. The zero-order valence-electron chi connectivity index (χ0n) is 14.5. The van der Waals surface area contributed by atoms with E-state index in [1.54, 1.807) is 30.3 Å². The van der Waals surface area contributed by atoms with Gasteiger partial charge in [-0.05, 0) is 18.2 Å². The third-order valence-electron chi connectivity index (χ3n) is 4.02. The van der Waals surface area contributed by atoms with Gasteiger partial charge in [-0.3, -0.25) is 10.1 Å². The summed E-state index contributed by atoms with van der Waals surface area (Å²) in [6, 6.07) is 23.3. The molecule has 0 aliphatic carbocycles. The number of hydrogen-bond donors (Lipinski definition) is 1. The summed E-state index contributed by atoms with van der Waals surface area (Å²) in [6.45, 7) is 0. The van der Waals surface area contributed by atoms with Gasteiger partial charge < -0.3 is 5.11 Å². The first-order chi connectivity index (χ1) is 13.6. The van der Waals surface area contributed by atoms with Gasteiger partial charge in [0.05, 0.1) is 24.9 Å². The molecular formula is C21H14N2O3S2. The summed E-state index contributed by atoms with van der Waals surface area (Å²) in [7, 11) is 0. The number of nitro groups is 1. The van der Waals surface area contributed by atoms with Gasteiger partial charge in [0.25, 0.3) is 5.69 Å². The van der Waals surface area contributed by atoms with Crippen LogP contribution in [0.4, 0.5) is 5.69 Å². The predicted molar refractivity (Wildman–Crippen MR) is 114 cm³/mol. The molecular weight excluding hydrogens is 392 g/mol. The van der Waals surface area contributed by atoms with Crippen LogP contribution in [0.2, 0.25) is 0 Å². The van der Waals surface area contributed by atoms with E-state index in [9.17, 15) is 15.2 Å². The van der Waals surface area contributed by atoms with Gasteiger partial charge in [-0.25, -0.2) is 4.98 Å². The lowest BCUT2D eigenvalue weighted by molar-refractivity contribution is -0.387. The van der Waals surface area contributed by atoms with Crippen LogP contribution in [0.25, 0.3) is 20.9 Å². The molecule has 7 heteroatoms. The molecule has 0 aliphatic heterocycles. The first-order valence-corrected chi connectivity index (χ1v) is 10.0. The van der Waals surface area contributed by atoms with Crippen molar-refractivity contribution in [2.75, 3.05) is 0 Å². The van der Waals surface area contributed by atoms with Crippen LogP contribution in [0.3, 0.4) is 0 Å². The molecule has 0 atom stereocenters. The molecule has 0 amide bonds. The lowest BCUT2D eigenvalue weighted by atomic mass is 10.2. The van der Waals surface area contributed by atoms with E-state index in [4.69, 9.17) is 0 Å². The fraction of sp³-hybridized carbons (Fsp3) is 0. The summed E-state index contributed by atoms with van der Waals surface area (Å²) in [6.07, 6.45) is 0. The molecule has 0 spiro atoms. The Morgan fingerprint density at radius 1 is 0.964 bits per heavy atom. The average Bonchev–Trinajstić information content (AvgIpc) is 3.16. The smallest absolute Gasteiger partial charge is 0.283 e. The van der Waals surface area contributed by atoms with Gasteiger partial charge in [0.15, 0.2) is 0 Å². The van der Waals surface area contributed by atoms with Crippen molar-refractivity contribution < 1.29 is 10.0 Å². The van der Waals surface area contributed by atoms with E-state index in [-0.39, 0.29) is 11.4 Å². The molecule has 0 radical (unpaired) electrons. The molecule has 4 rings (SSSR count). The maximum absolute atomic E-state index is 11.4. The molecule has 0 fully saturated rings. The molecule has 28 heavy (non-hydrogen) atoms. The first kappa shape index (κ1) is 18.2. The molecule has 1 heterocycles. The van der Waals surface area contributed by atoms with Crippen LogP contribution in [0, 0.1) is 10.1 Å². The Morgan fingerprint density at radius 3 is 2.39 bits per heavy atom. The number of nitrogens with zero attached hydrogens (tertiary/aromatic N) is 2. The summed E-state index contributed by atoms with van der Waals surface area (Å²) < 4.78 is 0.985. The Balaban J connectivity index is 1.88. The lowest BCUT2D eigenvalue weighted by Crippen LogP contribution is -1.93. The highest BCUT2D eigenvalue weighted by Crippen LogP contribution is 2.44. The molecule has 0 aliphatic rings. The Hall–Kier alpha value is -3.16. The number of benzene rings is 3. The van der Waals surface area contributed by atoms with E-state index in [1.165, 1.54) is 17.4 Å². The molecule has 0 bridgehead atoms. The third kappa shape index (κ3) is 3.62. The van der Waals surface area contributed by atoms with Crippen LogP contribution in [0.15, 0.2) is 83.8 Å². The minimum absolute atomic E-state index is 0.00743. The summed E-state index contributed by atoms with van der Waals surface area (Å²) in [5, 5.41) is 23.0. The van der Waals surface area contributed by atoms with Crippen LogP contribution >= 0.6 is 23.1 Å². The number of aliphatic hydroxyl groups excluding tert-OH is 1. The van der Waals surface area contributed by atoms with Crippen molar-refractivity contribution in [1.82, 2.24) is 4.98 Å². The summed E-state index contributed by atoms with van der Waals surface area (Å²) in [5.74, 6) is 0.0443. The second-order valence-corrected chi connectivity index (χ2v) is 7.94. The van der Waals surface area contributed by atoms with Crippen molar-refractivity contribution in [3.8, 4) is 0 Å². The highest BCUT2D eigenvalue weighted by Gasteiger charge is 2.21. The summed E-state index contributed by atoms with van der Waals surface area (Å²) in [5.41, 5.74) is 1.44. The van der Waals surface area contributed by atoms with E-state index >= 15 is 0 Å². The van der Waals surface area contributed by atoms with E-state index in [2.05, 4.69) is 4.98 Å². The zero-order valence-corrected chi connectivity index (χ0v) is 16.1. The van der Waals surface area contributed by atoms with Crippen molar-refractivity contribution in [1.29, 1.82) is 0 Å². The summed E-state index contributed by atoms with van der Waals surface area (Å²) in [4.78, 5) is 16.6. The van der Waals surface area contributed by atoms with Crippen molar-refractivity contribution >= 4 is 49.7 Å². The predicted octanol–water partition coefficient (Wildman–Crippen LogP) is 6.38. The van der Waals surface area contributed by atoms with Crippen molar-refractivity contribution in [2.45, 2.75) is 4.90 Å². The number of rotatable bonds is 5. The largest absolute Gasteiger partial charge is 0.506 e. The zero-order chi connectivity index (χ0) is 19.5. The van der Waals surface area contributed by atoms with Gasteiger partial charge in [-0.1, -0.05) is 66.4 Å². The molecule has 3 aromatic carbocycles. The van der Waals surface area contributed by atoms with E-state index < -0.39 is 4.92 Å². The molecule has 0 saturated heterocycles. The Bertz CT molecular complexity index is 1150. The topological polar surface area (TPSA) is 76.3 Å². The minimum Gasteiger partial charge on any atom is -0.506 e. The number of thiazole rings is 1. The second kappa shape index (κ2) is 7.84. The molecule has 5 nitrogen and oxygen atoms in total. The Kier molecular flexibility index (Phi) is 5.10. The highest BCUT2D eigenvalue weighted by atomic mass is 32.2. The molecule has 0 unspecified atom stereocenters. The molecule has 0 saturated carbocycles. The highest BCUT2D eigenvalue weighted by molar-refractivity contribution is 8.08. The lowest BCUT2D eigenvalue weighted by Gasteiger charge is -2.09. The molecule has 1 N–H and O–H groups in total. The maximum Gasteiger partial charge on any atom is 0.283 e. The van der Waals surface area contributed by atoms with Gasteiger partial charge in [-0.2, -0.15) is 0 Å². The standard InChI is InChI=1S/C21H14N2O3S2/c24-19(14-8-2-1-3-9-14)20(21-22-15-10-4-6-12-17(15)28-21)27-18-13-7-5-11-16(18)23(25)26/h1-13,24H. The van der Waals surface area contributed by atoms with E-state index in [0.717, 1.165) is 22.0 Å². The minimum atomic E-state index is -0.419. The Labute approximate surface area is 169 Å². The van der Waals surface area contributed by atoms with Crippen LogP contribution < -0.4 is 0 Å². The van der Waals surface area contributed by atoms with Gasteiger partial charge in [0.1, 0.15) is 10.8 Å². The van der Waals surface area contributed by atoms with Crippen LogP contribution in [0.5, 0.6) is 0 Å². The number of thioether (sulfide) groups is 1. The Morgan fingerprint density at radius 2 is 1.64 bits per heavy atom. The van der Waals surface area contributed by atoms with Gasteiger partial charge in [-0.15, -0.1) is 11.3 Å². The number of aliphatic hydroxyl groups is 1. The van der Waals surface area contributed by atoms with Crippen LogP contribution in [-0.4, -0.2) is 15.0 Å².